The Balaban J connectivity index is 1.91. The average molecular weight is 349 g/mol. The molecule has 138 valence electrons. The Morgan fingerprint density at radius 1 is 1.32 bits per heavy atom. The Kier molecular flexibility index (Phi) is 6.28. The van der Waals surface area contributed by atoms with Crippen molar-refractivity contribution in [1.29, 1.82) is 0 Å². The van der Waals surface area contributed by atoms with Crippen LogP contribution >= 0.6 is 0 Å². The minimum absolute atomic E-state index is 0.0270. The summed E-state index contributed by atoms with van der Waals surface area (Å²) in [6, 6.07) is 3.98. The molecule has 1 fully saturated rings. The molecule has 0 aromatic heterocycles. The van der Waals surface area contributed by atoms with E-state index in [0.717, 1.165) is 19.3 Å². The molecule has 25 heavy (non-hydrogen) atoms. The standard InChI is InChI=1S/C19H27NO5/c1-11(2)14-6-4-12(3)8-17(14)25-18(22)10-24-19(23)15-9-13(21)5-7-16(15)20/h5,7,9,11-12,14,17,21H,4,6,8,10,20H2,1-3H3/t12-,14-,17-/m1/s1. The molecule has 1 aliphatic carbocycles. The molecule has 6 heteroatoms. The highest BCUT2D eigenvalue weighted by molar-refractivity contribution is 5.96. The predicted molar refractivity (Wildman–Crippen MR) is 94.0 cm³/mol. The number of esters is 2. The number of aromatic hydroxyl groups is 1. The first-order valence-corrected chi connectivity index (χ1v) is 8.73. The Morgan fingerprint density at radius 2 is 2.04 bits per heavy atom. The van der Waals surface area contributed by atoms with Crippen LogP contribution < -0.4 is 5.73 Å². The first-order chi connectivity index (χ1) is 11.8. The van der Waals surface area contributed by atoms with Crippen molar-refractivity contribution in [2.45, 2.75) is 46.1 Å². The van der Waals surface area contributed by atoms with Crippen LogP contribution in [0, 0.1) is 17.8 Å². The number of nitrogen functional groups attached to an aromatic ring is 1. The molecular weight excluding hydrogens is 322 g/mol. The monoisotopic (exact) mass is 349 g/mol. The molecule has 1 aliphatic rings. The Labute approximate surface area is 148 Å². The Bertz CT molecular complexity index is 628. The van der Waals surface area contributed by atoms with E-state index in [-0.39, 0.29) is 23.1 Å². The lowest BCUT2D eigenvalue weighted by molar-refractivity contribution is -0.159. The lowest BCUT2D eigenvalue weighted by Crippen LogP contribution is -2.36. The summed E-state index contributed by atoms with van der Waals surface area (Å²) in [5.41, 5.74) is 5.89. The van der Waals surface area contributed by atoms with Gasteiger partial charge in [-0.1, -0.05) is 27.2 Å². The van der Waals surface area contributed by atoms with Crippen LogP contribution in [0.5, 0.6) is 5.75 Å². The van der Waals surface area contributed by atoms with Crippen molar-refractivity contribution in [1.82, 2.24) is 0 Å². The maximum Gasteiger partial charge on any atom is 0.344 e. The number of rotatable bonds is 5. The number of ether oxygens (including phenoxy) is 2. The molecule has 0 aliphatic heterocycles. The molecule has 0 amide bonds. The summed E-state index contributed by atoms with van der Waals surface area (Å²) in [4.78, 5) is 24.1. The van der Waals surface area contributed by atoms with Crippen LogP contribution in [0.15, 0.2) is 18.2 Å². The quantitative estimate of drug-likeness (QED) is 0.481. The molecule has 0 saturated heterocycles. The zero-order valence-corrected chi connectivity index (χ0v) is 15.0. The molecule has 1 saturated carbocycles. The minimum Gasteiger partial charge on any atom is -0.508 e. The van der Waals surface area contributed by atoms with E-state index in [1.165, 1.54) is 18.2 Å². The average Bonchev–Trinajstić information content (AvgIpc) is 2.54. The normalized spacial score (nSPS) is 23.3. The molecule has 0 unspecified atom stereocenters. The van der Waals surface area contributed by atoms with Crippen molar-refractivity contribution in [3.8, 4) is 5.75 Å². The number of carbonyl (C=O) groups excluding carboxylic acids is 2. The number of benzene rings is 1. The largest absolute Gasteiger partial charge is 0.508 e. The van der Waals surface area contributed by atoms with Crippen LogP contribution in [-0.2, 0) is 14.3 Å². The summed E-state index contributed by atoms with van der Waals surface area (Å²) < 4.78 is 10.6. The Morgan fingerprint density at radius 3 is 2.72 bits per heavy atom. The van der Waals surface area contributed by atoms with Crippen LogP contribution in [0.25, 0.3) is 0 Å². The number of hydrogen-bond acceptors (Lipinski definition) is 6. The summed E-state index contributed by atoms with van der Waals surface area (Å²) >= 11 is 0. The summed E-state index contributed by atoms with van der Waals surface area (Å²) in [6.07, 6.45) is 2.88. The van der Waals surface area contributed by atoms with E-state index in [4.69, 9.17) is 15.2 Å². The number of nitrogens with two attached hydrogens (primary N) is 1. The van der Waals surface area contributed by atoms with Crippen molar-refractivity contribution >= 4 is 17.6 Å². The topological polar surface area (TPSA) is 98.8 Å². The summed E-state index contributed by atoms with van der Waals surface area (Å²) in [6.45, 7) is 5.95. The number of phenolic OH excluding ortho intramolecular Hbond substituents is 1. The van der Waals surface area contributed by atoms with E-state index in [1.807, 2.05) is 0 Å². The van der Waals surface area contributed by atoms with Crippen molar-refractivity contribution in [3.05, 3.63) is 23.8 Å². The zero-order valence-electron chi connectivity index (χ0n) is 15.0. The first kappa shape index (κ1) is 19.1. The van der Waals surface area contributed by atoms with Crippen molar-refractivity contribution in [2.75, 3.05) is 12.3 Å². The van der Waals surface area contributed by atoms with Crippen LogP contribution in [-0.4, -0.2) is 29.8 Å². The first-order valence-electron chi connectivity index (χ1n) is 8.73. The van der Waals surface area contributed by atoms with Crippen LogP contribution in [0.2, 0.25) is 0 Å². The van der Waals surface area contributed by atoms with Crippen LogP contribution in [0.1, 0.15) is 50.4 Å². The molecule has 1 aromatic carbocycles. The van der Waals surface area contributed by atoms with E-state index >= 15 is 0 Å². The van der Waals surface area contributed by atoms with Gasteiger partial charge >= 0.3 is 11.9 Å². The molecular formula is C19H27NO5. The van der Waals surface area contributed by atoms with Gasteiger partial charge in [-0.25, -0.2) is 9.59 Å². The lowest BCUT2D eigenvalue weighted by atomic mass is 9.75. The van der Waals surface area contributed by atoms with E-state index in [0.29, 0.717) is 17.8 Å². The van der Waals surface area contributed by atoms with Gasteiger partial charge in [-0.3, -0.25) is 0 Å². The van der Waals surface area contributed by atoms with Crippen LogP contribution in [0.3, 0.4) is 0 Å². The predicted octanol–water partition coefficient (Wildman–Crippen LogP) is 3.14. The van der Waals surface area contributed by atoms with Gasteiger partial charge < -0.3 is 20.3 Å². The molecule has 3 N–H and O–H groups in total. The zero-order chi connectivity index (χ0) is 18.6. The van der Waals surface area contributed by atoms with E-state index < -0.39 is 18.5 Å². The van der Waals surface area contributed by atoms with Gasteiger partial charge in [0.25, 0.3) is 0 Å². The summed E-state index contributed by atoms with van der Waals surface area (Å²) in [5.74, 6) is -0.140. The molecule has 0 heterocycles. The van der Waals surface area contributed by atoms with Gasteiger partial charge in [0, 0.05) is 5.69 Å². The van der Waals surface area contributed by atoms with Gasteiger partial charge in [-0.05, 0) is 48.8 Å². The third-order valence-electron chi connectivity index (χ3n) is 4.82. The van der Waals surface area contributed by atoms with Gasteiger partial charge in [0.15, 0.2) is 6.61 Å². The minimum atomic E-state index is -0.761. The fraction of sp³-hybridized carbons (Fsp3) is 0.579. The lowest BCUT2D eigenvalue weighted by Gasteiger charge is -2.36. The highest BCUT2D eigenvalue weighted by atomic mass is 16.6. The molecule has 2 rings (SSSR count). The number of phenols is 1. The Hall–Kier alpha value is -2.24. The second-order valence-electron chi connectivity index (χ2n) is 7.20. The number of carbonyl (C=O) groups is 2. The van der Waals surface area contributed by atoms with Gasteiger partial charge in [0.2, 0.25) is 0 Å². The second-order valence-corrected chi connectivity index (χ2v) is 7.20. The molecule has 1 aromatic rings. The molecule has 0 radical (unpaired) electrons. The van der Waals surface area contributed by atoms with Crippen molar-refractivity contribution in [3.63, 3.8) is 0 Å². The SMILES string of the molecule is CC(C)[C@H]1CC[C@@H](C)C[C@H]1OC(=O)COC(=O)c1cc(O)ccc1N. The number of anilines is 1. The van der Waals surface area contributed by atoms with Gasteiger partial charge in [0.05, 0.1) is 5.56 Å². The number of hydrogen-bond donors (Lipinski definition) is 2. The third-order valence-corrected chi connectivity index (χ3v) is 4.82. The van der Waals surface area contributed by atoms with Gasteiger partial charge in [-0.2, -0.15) is 0 Å². The summed E-state index contributed by atoms with van der Waals surface area (Å²) in [5, 5.41) is 9.43. The van der Waals surface area contributed by atoms with Gasteiger partial charge in [0.1, 0.15) is 11.9 Å². The second kappa shape index (κ2) is 8.23. The molecule has 3 atom stereocenters. The fourth-order valence-corrected chi connectivity index (χ4v) is 3.38. The fourth-order valence-electron chi connectivity index (χ4n) is 3.38. The van der Waals surface area contributed by atoms with E-state index in [1.54, 1.807) is 0 Å². The molecule has 0 spiro atoms. The molecule has 0 bridgehead atoms. The van der Waals surface area contributed by atoms with Crippen molar-refractivity contribution < 1.29 is 24.2 Å². The highest BCUT2D eigenvalue weighted by Crippen LogP contribution is 2.35. The van der Waals surface area contributed by atoms with Crippen molar-refractivity contribution in [2.24, 2.45) is 17.8 Å². The highest BCUT2D eigenvalue weighted by Gasteiger charge is 2.33. The maximum absolute atomic E-state index is 12.1. The smallest absolute Gasteiger partial charge is 0.344 e. The summed E-state index contributed by atoms with van der Waals surface area (Å²) in [7, 11) is 0. The van der Waals surface area contributed by atoms with Gasteiger partial charge in [-0.15, -0.1) is 0 Å². The van der Waals surface area contributed by atoms with E-state index in [9.17, 15) is 14.7 Å². The molecule has 6 nitrogen and oxygen atoms in total. The third kappa shape index (κ3) is 5.11. The van der Waals surface area contributed by atoms with Crippen LogP contribution in [0.4, 0.5) is 5.69 Å². The maximum atomic E-state index is 12.1. The van der Waals surface area contributed by atoms with E-state index in [2.05, 4.69) is 20.8 Å².